The number of nitrogens with zero attached hydrogens (tertiary/aromatic N) is 1. The third-order valence-electron chi connectivity index (χ3n) is 5.18. The van der Waals surface area contributed by atoms with E-state index in [1.54, 1.807) is 51.1 Å². The number of alkyl halides is 3. The minimum absolute atomic E-state index is 0.350. The van der Waals surface area contributed by atoms with Gasteiger partial charge in [0.1, 0.15) is 11.9 Å². The van der Waals surface area contributed by atoms with Crippen LogP contribution in [0.4, 0.5) is 13.2 Å². The normalized spacial score (nSPS) is 21.6. The summed E-state index contributed by atoms with van der Waals surface area (Å²) in [4.78, 5) is 17.0. The second-order valence-corrected chi connectivity index (χ2v) is 8.59. The molecule has 1 saturated carbocycles. The van der Waals surface area contributed by atoms with Gasteiger partial charge in [0.05, 0.1) is 16.1 Å². The Kier molecular flexibility index (Phi) is 6.26. The van der Waals surface area contributed by atoms with Crippen LogP contribution in [0.15, 0.2) is 59.1 Å². The molecule has 0 aliphatic heterocycles. The number of aromatic nitrogens is 1. The molecule has 4 nitrogen and oxygen atoms in total. The molecule has 0 saturated heterocycles. The number of ether oxygens (including phenoxy) is 2. The van der Waals surface area contributed by atoms with Gasteiger partial charge in [0, 0.05) is 6.07 Å². The van der Waals surface area contributed by atoms with Crippen molar-refractivity contribution >= 4 is 21.9 Å². The Bertz CT molecular complexity index is 944. The first-order valence-electron chi connectivity index (χ1n) is 9.35. The van der Waals surface area contributed by atoms with Crippen LogP contribution in [0, 0.1) is 17.3 Å². The molecule has 0 amide bonds. The Morgan fingerprint density at radius 3 is 2.47 bits per heavy atom. The summed E-state index contributed by atoms with van der Waals surface area (Å²) in [6.45, 7) is 5.15. The number of hydrogen-bond acceptors (Lipinski definition) is 4. The van der Waals surface area contributed by atoms with Crippen LogP contribution in [-0.4, -0.2) is 17.1 Å². The number of pyridine rings is 1. The molecule has 3 atom stereocenters. The molecule has 1 unspecified atom stereocenters. The molecule has 30 heavy (non-hydrogen) atoms. The topological polar surface area (TPSA) is 48.4 Å². The van der Waals surface area contributed by atoms with Crippen LogP contribution in [0.5, 0.6) is 11.6 Å². The molecule has 1 aliphatic rings. The quantitative estimate of drug-likeness (QED) is 0.434. The highest BCUT2D eigenvalue weighted by atomic mass is 79.9. The summed E-state index contributed by atoms with van der Waals surface area (Å²) in [6, 6.07) is 14.2. The van der Waals surface area contributed by atoms with Crippen LogP contribution < -0.4 is 4.74 Å². The van der Waals surface area contributed by atoms with E-state index in [0.717, 1.165) is 6.08 Å². The number of rotatable bonds is 6. The van der Waals surface area contributed by atoms with Crippen molar-refractivity contribution in [3.05, 3.63) is 64.8 Å². The number of hydrogen-bond donors (Lipinski definition) is 0. The lowest BCUT2D eigenvalue weighted by Crippen LogP contribution is -2.14. The van der Waals surface area contributed by atoms with Gasteiger partial charge in [-0.1, -0.05) is 44.2 Å². The SMILES string of the molecule is CC(OC(=O)[C@H]1[C@@H](/C=C(\Br)C(F)(F)F)C1(C)C)c1cccc(Oc2ccccc2)n1. The largest absolute Gasteiger partial charge is 0.456 e. The van der Waals surface area contributed by atoms with Crippen molar-refractivity contribution in [1.82, 2.24) is 4.98 Å². The third-order valence-corrected chi connectivity index (χ3v) is 5.90. The second-order valence-electron chi connectivity index (χ2n) is 7.73. The first kappa shape index (κ1) is 22.3. The summed E-state index contributed by atoms with van der Waals surface area (Å²) in [7, 11) is 0. The predicted molar refractivity (Wildman–Crippen MR) is 109 cm³/mol. The van der Waals surface area contributed by atoms with Crippen LogP contribution in [-0.2, 0) is 9.53 Å². The molecular formula is C22H21BrF3NO3. The van der Waals surface area contributed by atoms with Crippen molar-refractivity contribution in [2.45, 2.75) is 33.1 Å². The molecule has 0 N–H and O–H groups in total. The second kappa shape index (κ2) is 8.41. The minimum atomic E-state index is -4.48. The van der Waals surface area contributed by atoms with E-state index in [1.807, 2.05) is 18.2 Å². The van der Waals surface area contributed by atoms with Gasteiger partial charge in [0.25, 0.3) is 0 Å². The summed E-state index contributed by atoms with van der Waals surface area (Å²) < 4.78 is 48.7. The number of allylic oxidation sites excluding steroid dienone is 2. The molecule has 0 spiro atoms. The third kappa shape index (κ3) is 5.03. The Morgan fingerprint density at radius 1 is 1.17 bits per heavy atom. The van der Waals surface area contributed by atoms with Crippen molar-refractivity contribution < 1.29 is 27.4 Å². The zero-order valence-electron chi connectivity index (χ0n) is 16.6. The zero-order valence-corrected chi connectivity index (χ0v) is 18.2. The number of esters is 1. The van der Waals surface area contributed by atoms with Crippen molar-refractivity contribution in [2.24, 2.45) is 17.3 Å². The number of carbonyl (C=O) groups is 1. The molecule has 8 heteroatoms. The van der Waals surface area contributed by atoms with Crippen LogP contribution in [0.25, 0.3) is 0 Å². The molecule has 1 fully saturated rings. The van der Waals surface area contributed by atoms with Crippen LogP contribution in [0.2, 0.25) is 0 Å². The van der Waals surface area contributed by atoms with Crippen LogP contribution in [0.1, 0.15) is 32.6 Å². The molecule has 1 heterocycles. The van der Waals surface area contributed by atoms with Gasteiger partial charge in [-0.3, -0.25) is 4.79 Å². The van der Waals surface area contributed by atoms with Gasteiger partial charge in [-0.15, -0.1) is 0 Å². The fraction of sp³-hybridized carbons (Fsp3) is 0.364. The van der Waals surface area contributed by atoms with Gasteiger partial charge in [-0.05, 0) is 52.4 Å². The van der Waals surface area contributed by atoms with Crippen LogP contribution in [0.3, 0.4) is 0 Å². The Hall–Kier alpha value is -2.35. The summed E-state index contributed by atoms with van der Waals surface area (Å²) >= 11 is 2.55. The molecule has 3 rings (SSSR count). The highest BCUT2D eigenvalue weighted by Gasteiger charge is 2.62. The fourth-order valence-electron chi connectivity index (χ4n) is 3.32. The molecule has 160 valence electrons. The first-order chi connectivity index (χ1) is 14.0. The molecule has 1 aromatic heterocycles. The summed E-state index contributed by atoms with van der Waals surface area (Å²) in [5, 5.41) is 0. The van der Waals surface area contributed by atoms with E-state index in [9.17, 15) is 18.0 Å². The van der Waals surface area contributed by atoms with Gasteiger partial charge in [-0.25, -0.2) is 4.98 Å². The van der Waals surface area contributed by atoms with E-state index >= 15 is 0 Å². The van der Waals surface area contributed by atoms with Gasteiger partial charge >= 0.3 is 12.1 Å². The lowest BCUT2D eigenvalue weighted by molar-refractivity contribution is -0.151. The van der Waals surface area contributed by atoms with Crippen molar-refractivity contribution in [3.63, 3.8) is 0 Å². The average Bonchev–Trinajstić information content (AvgIpc) is 3.22. The van der Waals surface area contributed by atoms with E-state index in [-0.39, 0.29) is 0 Å². The fourth-order valence-corrected chi connectivity index (χ4v) is 3.61. The highest BCUT2D eigenvalue weighted by molar-refractivity contribution is 9.11. The van der Waals surface area contributed by atoms with E-state index < -0.39 is 40.0 Å². The first-order valence-corrected chi connectivity index (χ1v) is 10.1. The van der Waals surface area contributed by atoms with Gasteiger partial charge in [0.15, 0.2) is 0 Å². The monoisotopic (exact) mass is 483 g/mol. The van der Waals surface area contributed by atoms with E-state index in [1.165, 1.54) is 0 Å². The van der Waals surface area contributed by atoms with Gasteiger partial charge in [0.2, 0.25) is 5.88 Å². The van der Waals surface area contributed by atoms with Gasteiger partial charge in [-0.2, -0.15) is 13.2 Å². The predicted octanol–water partition coefficient (Wildman–Crippen LogP) is 6.59. The molecule has 0 radical (unpaired) electrons. The Labute approximate surface area is 181 Å². The molecule has 2 aromatic rings. The molecular weight excluding hydrogens is 463 g/mol. The summed E-state index contributed by atoms with van der Waals surface area (Å²) in [6.07, 6.45) is -4.11. The Morgan fingerprint density at radius 2 is 1.83 bits per heavy atom. The number of carbonyl (C=O) groups excluding carboxylic acids is 1. The molecule has 0 bridgehead atoms. The highest BCUT2D eigenvalue weighted by Crippen LogP contribution is 2.60. The lowest BCUT2D eigenvalue weighted by atomic mass is 10.1. The summed E-state index contributed by atoms with van der Waals surface area (Å²) in [5.41, 5.74) is -0.133. The molecule has 1 aliphatic carbocycles. The maximum absolute atomic E-state index is 12.8. The summed E-state index contributed by atoms with van der Waals surface area (Å²) in [5.74, 6) is -0.792. The number of benzene rings is 1. The lowest BCUT2D eigenvalue weighted by Gasteiger charge is -2.14. The number of para-hydroxylation sites is 1. The maximum atomic E-state index is 12.8. The smallest absolute Gasteiger partial charge is 0.422 e. The Balaban J connectivity index is 1.67. The number of halogens is 4. The molecule has 1 aromatic carbocycles. The van der Waals surface area contributed by atoms with E-state index in [0.29, 0.717) is 17.3 Å². The van der Waals surface area contributed by atoms with Crippen molar-refractivity contribution in [1.29, 1.82) is 0 Å². The maximum Gasteiger partial charge on any atom is 0.422 e. The van der Waals surface area contributed by atoms with E-state index in [4.69, 9.17) is 9.47 Å². The average molecular weight is 484 g/mol. The van der Waals surface area contributed by atoms with Crippen molar-refractivity contribution in [3.8, 4) is 11.6 Å². The van der Waals surface area contributed by atoms with E-state index in [2.05, 4.69) is 20.9 Å². The van der Waals surface area contributed by atoms with Crippen molar-refractivity contribution in [2.75, 3.05) is 0 Å². The minimum Gasteiger partial charge on any atom is -0.456 e. The zero-order chi connectivity index (χ0) is 22.1. The van der Waals surface area contributed by atoms with Crippen LogP contribution >= 0.6 is 15.9 Å². The van der Waals surface area contributed by atoms with Gasteiger partial charge < -0.3 is 9.47 Å². The standard InChI is InChI=1S/C22H21BrF3NO3/c1-13(16-10-7-11-18(27-16)30-14-8-5-4-6-9-14)29-20(28)19-15(21(19,2)3)12-17(23)22(24,25)26/h4-13,15,19H,1-3H3/b17-12-/t13?,15-,19-/m1/s1.